The molecule has 0 fully saturated rings. The van der Waals surface area contributed by atoms with Gasteiger partial charge in [-0.3, -0.25) is 4.90 Å². The lowest BCUT2D eigenvalue weighted by Crippen LogP contribution is -2.13. The van der Waals surface area contributed by atoms with Gasteiger partial charge in [0.1, 0.15) is 0 Å². The lowest BCUT2D eigenvalue weighted by Gasteiger charge is -2.24. The zero-order valence-corrected chi connectivity index (χ0v) is 15.7. The molecular weight excluding hydrogens is 354 g/mol. The van der Waals surface area contributed by atoms with Crippen molar-refractivity contribution >= 4 is 28.1 Å². The fourth-order valence-corrected chi connectivity index (χ4v) is 4.33. The summed E-state index contributed by atoms with van der Waals surface area (Å²) in [6.45, 7) is 0. The van der Waals surface area contributed by atoms with E-state index in [-0.39, 0.29) is 0 Å². The molecule has 0 saturated heterocycles. The normalized spacial score (nSPS) is 11.4. The van der Waals surface area contributed by atoms with Crippen LogP contribution in [0.1, 0.15) is 0 Å². The molecule has 136 valence electrons. The Bertz CT molecular complexity index is 1280. The van der Waals surface area contributed by atoms with Crippen LogP contribution in [-0.2, 0) is 0 Å². The molecule has 0 radical (unpaired) electrons. The van der Waals surface area contributed by atoms with Crippen molar-refractivity contribution < 1.29 is 0 Å². The molecule has 0 N–H and O–H groups in total. The molecule has 29 heavy (non-hydrogen) atoms. The third-order valence-corrected chi connectivity index (χ3v) is 5.53. The summed E-state index contributed by atoms with van der Waals surface area (Å²) < 4.78 is 0. The van der Waals surface area contributed by atoms with Gasteiger partial charge in [-0.25, -0.2) is 9.97 Å². The SMILES string of the molecule is c1ccc(N(c2ncccn2)c2ccc3c4c(cccc24)-c2ccccc2-3)cc1. The van der Waals surface area contributed by atoms with Crippen LogP contribution in [0.3, 0.4) is 0 Å². The first-order valence-electron chi connectivity index (χ1n) is 9.69. The summed E-state index contributed by atoms with van der Waals surface area (Å²) in [4.78, 5) is 11.2. The number of fused-ring (bicyclic) bond motifs is 3. The number of hydrogen-bond acceptors (Lipinski definition) is 3. The van der Waals surface area contributed by atoms with Gasteiger partial charge in [-0.1, -0.05) is 66.7 Å². The lowest BCUT2D eigenvalue weighted by molar-refractivity contribution is 1.08. The Morgan fingerprint density at radius 3 is 1.93 bits per heavy atom. The molecule has 3 heteroatoms. The maximum Gasteiger partial charge on any atom is 0.234 e. The van der Waals surface area contributed by atoms with Gasteiger partial charge < -0.3 is 0 Å². The largest absolute Gasteiger partial charge is 0.279 e. The predicted octanol–water partition coefficient (Wildman–Crippen LogP) is 6.75. The van der Waals surface area contributed by atoms with Gasteiger partial charge in [0.15, 0.2) is 0 Å². The average Bonchev–Trinajstić information content (AvgIpc) is 3.13. The minimum atomic E-state index is 0.662. The second kappa shape index (κ2) is 6.28. The van der Waals surface area contributed by atoms with Gasteiger partial charge in [-0.15, -0.1) is 0 Å². The molecule has 1 heterocycles. The highest BCUT2D eigenvalue weighted by Crippen LogP contribution is 2.50. The van der Waals surface area contributed by atoms with Gasteiger partial charge in [0.2, 0.25) is 5.95 Å². The van der Waals surface area contributed by atoms with Crippen LogP contribution in [0.2, 0.25) is 0 Å². The molecule has 0 unspecified atom stereocenters. The van der Waals surface area contributed by atoms with Crippen LogP contribution in [-0.4, -0.2) is 9.97 Å². The average molecular weight is 371 g/mol. The zero-order valence-electron chi connectivity index (χ0n) is 15.7. The Morgan fingerprint density at radius 1 is 0.517 bits per heavy atom. The first-order valence-corrected chi connectivity index (χ1v) is 9.69. The highest BCUT2D eigenvalue weighted by Gasteiger charge is 2.24. The van der Waals surface area contributed by atoms with Gasteiger partial charge in [0.25, 0.3) is 0 Å². The number of nitrogens with zero attached hydrogens (tertiary/aromatic N) is 3. The summed E-state index contributed by atoms with van der Waals surface area (Å²) in [5.74, 6) is 0.662. The van der Waals surface area contributed by atoms with Gasteiger partial charge in [-0.2, -0.15) is 0 Å². The zero-order chi connectivity index (χ0) is 19.2. The Balaban J connectivity index is 1.67. The molecule has 3 nitrogen and oxygen atoms in total. The molecular formula is C26H17N3. The standard InChI is InChI=1S/C26H17N3/c1-2-8-18(9-3-1)29(26-27-16-7-17-28-26)24-15-14-22-20-11-5-4-10-19(20)21-12-6-13-23(24)25(21)22/h1-17H. The van der Waals surface area contributed by atoms with Crippen molar-refractivity contribution in [2.24, 2.45) is 0 Å². The van der Waals surface area contributed by atoms with Crippen molar-refractivity contribution in [1.82, 2.24) is 9.97 Å². The van der Waals surface area contributed by atoms with Gasteiger partial charge in [-0.05, 0) is 51.9 Å². The van der Waals surface area contributed by atoms with E-state index in [0.717, 1.165) is 11.4 Å². The monoisotopic (exact) mass is 371 g/mol. The molecule has 1 aliphatic rings. The molecule has 0 amide bonds. The number of benzene rings is 4. The number of rotatable bonds is 3. The number of hydrogen-bond donors (Lipinski definition) is 0. The Hall–Kier alpha value is -3.98. The van der Waals surface area contributed by atoms with Crippen molar-refractivity contribution in [2.75, 3.05) is 4.90 Å². The molecule has 0 atom stereocenters. The van der Waals surface area contributed by atoms with Crippen molar-refractivity contribution in [3.8, 4) is 22.3 Å². The molecule has 1 aromatic heterocycles. The Morgan fingerprint density at radius 2 is 1.17 bits per heavy atom. The van der Waals surface area contributed by atoms with Crippen LogP contribution in [0, 0.1) is 0 Å². The summed E-state index contributed by atoms with van der Waals surface area (Å²) in [6.07, 6.45) is 3.57. The highest BCUT2D eigenvalue weighted by atomic mass is 15.3. The topological polar surface area (TPSA) is 29.0 Å². The summed E-state index contributed by atoms with van der Waals surface area (Å²) in [5, 5.41) is 2.50. The van der Waals surface area contributed by atoms with Crippen LogP contribution in [0.5, 0.6) is 0 Å². The third kappa shape index (κ3) is 2.38. The fraction of sp³-hybridized carbons (Fsp3) is 0. The van der Waals surface area contributed by atoms with Crippen LogP contribution in [0.15, 0.2) is 103 Å². The number of anilines is 3. The van der Waals surface area contributed by atoms with E-state index in [1.54, 1.807) is 12.4 Å². The van der Waals surface area contributed by atoms with E-state index in [0.29, 0.717) is 5.95 Å². The fourth-order valence-electron chi connectivity index (χ4n) is 4.33. The molecule has 6 rings (SSSR count). The van der Waals surface area contributed by atoms with Gasteiger partial charge in [0, 0.05) is 23.5 Å². The van der Waals surface area contributed by atoms with E-state index in [9.17, 15) is 0 Å². The van der Waals surface area contributed by atoms with E-state index in [4.69, 9.17) is 0 Å². The van der Waals surface area contributed by atoms with Crippen molar-refractivity contribution in [2.45, 2.75) is 0 Å². The molecule has 0 saturated carbocycles. The van der Waals surface area contributed by atoms with E-state index < -0.39 is 0 Å². The molecule has 1 aliphatic carbocycles. The molecule has 5 aromatic rings. The quantitative estimate of drug-likeness (QED) is 0.345. The Labute approximate surface area is 168 Å². The Kier molecular flexibility index (Phi) is 3.47. The second-order valence-corrected chi connectivity index (χ2v) is 7.13. The second-order valence-electron chi connectivity index (χ2n) is 7.13. The summed E-state index contributed by atoms with van der Waals surface area (Å²) in [6, 6.07) is 31.7. The maximum absolute atomic E-state index is 4.55. The molecule has 0 spiro atoms. The summed E-state index contributed by atoms with van der Waals surface area (Å²) >= 11 is 0. The smallest absolute Gasteiger partial charge is 0.234 e. The lowest BCUT2D eigenvalue weighted by atomic mass is 10.0. The predicted molar refractivity (Wildman–Crippen MR) is 119 cm³/mol. The van der Waals surface area contributed by atoms with E-state index in [1.807, 2.05) is 24.3 Å². The molecule has 4 aromatic carbocycles. The minimum Gasteiger partial charge on any atom is -0.279 e. The minimum absolute atomic E-state index is 0.662. The molecule has 0 bridgehead atoms. The van der Waals surface area contributed by atoms with Crippen molar-refractivity contribution in [3.05, 3.63) is 103 Å². The van der Waals surface area contributed by atoms with Crippen molar-refractivity contribution in [1.29, 1.82) is 0 Å². The number of para-hydroxylation sites is 1. The van der Waals surface area contributed by atoms with Crippen LogP contribution >= 0.6 is 0 Å². The van der Waals surface area contributed by atoms with E-state index in [1.165, 1.54) is 33.0 Å². The van der Waals surface area contributed by atoms with Crippen LogP contribution in [0.4, 0.5) is 17.3 Å². The van der Waals surface area contributed by atoms with Crippen LogP contribution in [0.25, 0.3) is 33.0 Å². The summed E-state index contributed by atoms with van der Waals surface area (Å²) in [5.41, 5.74) is 7.29. The van der Waals surface area contributed by atoms with Gasteiger partial charge in [0.05, 0.1) is 5.69 Å². The maximum atomic E-state index is 4.55. The van der Waals surface area contributed by atoms with Gasteiger partial charge >= 0.3 is 0 Å². The first kappa shape index (κ1) is 16.0. The molecule has 0 aliphatic heterocycles. The third-order valence-electron chi connectivity index (χ3n) is 5.53. The highest BCUT2D eigenvalue weighted by molar-refractivity contribution is 6.18. The first-order chi connectivity index (χ1) is 14.4. The summed E-state index contributed by atoms with van der Waals surface area (Å²) in [7, 11) is 0. The number of aromatic nitrogens is 2. The van der Waals surface area contributed by atoms with Crippen LogP contribution < -0.4 is 4.90 Å². The van der Waals surface area contributed by atoms with Crippen molar-refractivity contribution in [3.63, 3.8) is 0 Å². The van der Waals surface area contributed by atoms with E-state index in [2.05, 4.69) is 81.6 Å². The van der Waals surface area contributed by atoms with E-state index >= 15 is 0 Å².